The Morgan fingerprint density at radius 2 is 1.60 bits per heavy atom. The van der Waals surface area contributed by atoms with Crippen LogP contribution in [0.15, 0.2) is 77.3 Å². The van der Waals surface area contributed by atoms with Crippen LogP contribution in [0.1, 0.15) is 41.0 Å². The second kappa shape index (κ2) is 12.9. The number of ether oxygens (including phenoxy) is 3. The number of alkyl halides is 3. The zero-order chi connectivity index (χ0) is 28.7. The van der Waals surface area contributed by atoms with Gasteiger partial charge in [0.15, 0.2) is 5.76 Å². The van der Waals surface area contributed by atoms with Gasteiger partial charge >= 0.3 is 12.1 Å². The van der Waals surface area contributed by atoms with Gasteiger partial charge in [-0.1, -0.05) is 65.8 Å². The van der Waals surface area contributed by atoms with Gasteiger partial charge in [-0.3, -0.25) is 4.79 Å². The third kappa shape index (κ3) is 7.16. The summed E-state index contributed by atoms with van der Waals surface area (Å²) in [5.41, 5.74) is 4.68. The second-order valence-corrected chi connectivity index (χ2v) is 9.20. The zero-order valence-electron chi connectivity index (χ0n) is 22.5. The minimum Gasteiger partial charge on any atom is -0.466 e. The van der Waals surface area contributed by atoms with Crippen molar-refractivity contribution >= 4 is 5.97 Å². The van der Waals surface area contributed by atoms with E-state index in [0.717, 1.165) is 34.4 Å². The summed E-state index contributed by atoms with van der Waals surface area (Å²) >= 11 is 0. The molecule has 4 rings (SSSR count). The lowest BCUT2D eigenvalue weighted by Gasteiger charge is -2.17. The molecule has 1 atom stereocenters. The van der Waals surface area contributed by atoms with Crippen LogP contribution < -0.4 is 0 Å². The van der Waals surface area contributed by atoms with Gasteiger partial charge in [-0.25, -0.2) is 0 Å². The van der Waals surface area contributed by atoms with Gasteiger partial charge < -0.3 is 18.7 Å². The predicted octanol–water partition coefficient (Wildman–Crippen LogP) is 7.35. The van der Waals surface area contributed by atoms with Crippen LogP contribution in [-0.4, -0.2) is 31.4 Å². The maximum atomic E-state index is 13.0. The number of methoxy groups -OCH3 is 1. The fourth-order valence-electron chi connectivity index (χ4n) is 4.36. The summed E-state index contributed by atoms with van der Waals surface area (Å²) in [5.74, 6) is 0.275. The largest absolute Gasteiger partial charge is 0.466 e. The quantitative estimate of drug-likeness (QED) is 0.181. The van der Waals surface area contributed by atoms with Crippen LogP contribution in [0.25, 0.3) is 22.5 Å². The van der Waals surface area contributed by atoms with Gasteiger partial charge in [0.25, 0.3) is 0 Å². The molecule has 0 aliphatic carbocycles. The highest BCUT2D eigenvalue weighted by molar-refractivity contribution is 5.74. The highest BCUT2D eigenvalue weighted by atomic mass is 19.4. The first kappa shape index (κ1) is 29.0. The minimum absolute atomic E-state index is 0.00326. The fourth-order valence-corrected chi connectivity index (χ4v) is 4.36. The summed E-state index contributed by atoms with van der Waals surface area (Å²) in [6, 6.07) is 20.5. The molecule has 0 aliphatic rings. The van der Waals surface area contributed by atoms with Crippen molar-refractivity contribution in [2.75, 3.05) is 20.3 Å². The van der Waals surface area contributed by atoms with E-state index in [1.165, 1.54) is 13.2 Å². The van der Waals surface area contributed by atoms with Crippen LogP contribution in [0.4, 0.5) is 13.2 Å². The molecule has 9 heteroatoms. The van der Waals surface area contributed by atoms with E-state index in [1.807, 2.05) is 48.5 Å². The average molecular weight is 554 g/mol. The summed E-state index contributed by atoms with van der Waals surface area (Å²) in [4.78, 5) is 11.7. The number of benzene rings is 3. The van der Waals surface area contributed by atoms with E-state index in [0.29, 0.717) is 29.2 Å². The van der Waals surface area contributed by atoms with Crippen LogP contribution in [0.2, 0.25) is 0 Å². The first-order valence-corrected chi connectivity index (χ1v) is 12.8. The van der Waals surface area contributed by atoms with Gasteiger partial charge in [0, 0.05) is 12.7 Å². The van der Waals surface area contributed by atoms with E-state index in [2.05, 4.69) is 5.16 Å². The van der Waals surface area contributed by atoms with Crippen LogP contribution >= 0.6 is 0 Å². The van der Waals surface area contributed by atoms with Gasteiger partial charge in [0.2, 0.25) is 0 Å². The van der Waals surface area contributed by atoms with Crippen molar-refractivity contribution in [3.8, 4) is 22.5 Å². The van der Waals surface area contributed by atoms with E-state index in [4.69, 9.17) is 18.7 Å². The molecule has 210 valence electrons. The van der Waals surface area contributed by atoms with E-state index in [1.54, 1.807) is 19.9 Å². The Balaban J connectivity index is 1.45. The molecule has 0 saturated heterocycles. The molecule has 0 saturated carbocycles. The number of hydrogen-bond donors (Lipinski definition) is 0. The molecule has 1 aromatic heterocycles. The van der Waals surface area contributed by atoms with E-state index >= 15 is 0 Å². The number of carbonyl (C=O) groups is 1. The van der Waals surface area contributed by atoms with Crippen LogP contribution in [0.5, 0.6) is 0 Å². The number of esters is 1. The molecule has 0 bridgehead atoms. The van der Waals surface area contributed by atoms with E-state index in [9.17, 15) is 18.0 Å². The summed E-state index contributed by atoms with van der Waals surface area (Å²) in [6.07, 6.45) is -4.73. The first-order chi connectivity index (χ1) is 19.2. The maximum absolute atomic E-state index is 13.0. The molecule has 0 aliphatic heterocycles. The van der Waals surface area contributed by atoms with Gasteiger partial charge in [-0.05, 0) is 48.2 Å². The molecule has 4 aromatic rings. The Hall–Kier alpha value is -3.95. The Morgan fingerprint density at radius 3 is 2.23 bits per heavy atom. The molecular weight excluding hydrogens is 523 g/mol. The van der Waals surface area contributed by atoms with E-state index in [-0.39, 0.29) is 25.6 Å². The number of halogens is 3. The third-order valence-corrected chi connectivity index (χ3v) is 6.40. The molecule has 40 heavy (non-hydrogen) atoms. The van der Waals surface area contributed by atoms with Gasteiger partial charge in [0.1, 0.15) is 6.10 Å². The van der Waals surface area contributed by atoms with E-state index < -0.39 is 17.8 Å². The highest BCUT2D eigenvalue weighted by Crippen LogP contribution is 2.34. The number of carbonyl (C=O) groups excluding carboxylic acids is 1. The van der Waals surface area contributed by atoms with Gasteiger partial charge in [-0.2, -0.15) is 13.2 Å². The zero-order valence-corrected chi connectivity index (χ0v) is 22.5. The molecule has 0 radical (unpaired) electrons. The lowest BCUT2D eigenvalue weighted by molar-refractivity contribution is -0.142. The summed E-state index contributed by atoms with van der Waals surface area (Å²) in [5, 5.41) is 4.12. The smallest absolute Gasteiger partial charge is 0.416 e. The van der Waals surface area contributed by atoms with Crippen molar-refractivity contribution in [3.05, 3.63) is 101 Å². The first-order valence-electron chi connectivity index (χ1n) is 12.8. The summed E-state index contributed by atoms with van der Waals surface area (Å²) < 4.78 is 61.1. The Bertz CT molecular complexity index is 1410. The molecule has 6 nitrogen and oxygen atoms in total. The Kier molecular flexibility index (Phi) is 9.39. The molecule has 0 spiro atoms. The van der Waals surface area contributed by atoms with Crippen molar-refractivity contribution in [2.45, 2.75) is 39.2 Å². The van der Waals surface area contributed by atoms with Gasteiger partial charge in [-0.15, -0.1) is 0 Å². The molecule has 0 amide bonds. The van der Waals surface area contributed by atoms with Crippen molar-refractivity contribution in [3.63, 3.8) is 0 Å². The predicted molar refractivity (Wildman–Crippen MR) is 143 cm³/mol. The molecule has 1 heterocycles. The molecule has 0 N–H and O–H groups in total. The SMILES string of the molecule is CCOC(=O)Cc1ccc(-c2ccc(-c3onc(C)c3C(COCc3cccc(C(F)(F)F)c3)OC)cc2)cc1. The Morgan fingerprint density at radius 1 is 0.950 bits per heavy atom. The number of aromatic nitrogens is 1. The van der Waals surface area contributed by atoms with Crippen molar-refractivity contribution in [1.82, 2.24) is 5.16 Å². The van der Waals surface area contributed by atoms with Crippen molar-refractivity contribution in [1.29, 1.82) is 0 Å². The van der Waals surface area contributed by atoms with Gasteiger partial charge in [0.05, 0.1) is 43.1 Å². The second-order valence-electron chi connectivity index (χ2n) is 9.20. The fraction of sp³-hybridized carbons (Fsp3) is 0.290. The minimum atomic E-state index is -4.41. The Labute approximate surface area is 230 Å². The summed E-state index contributed by atoms with van der Waals surface area (Å²) in [6.45, 7) is 4.03. The van der Waals surface area contributed by atoms with Crippen LogP contribution in [0, 0.1) is 6.92 Å². The summed E-state index contributed by atoms with van der Waals surface area (Å²) in [7, 11) is 1.53. The topological polar surface area (TPSA) is 70.8 Å². The normalized spacial score (nSPS) is 12.3. The maximum Gasteiger partial charge on any atom is 0.416 e. The molecule has 3 aromatic carbocycles. The van der Waals surface area contributed by atoms with Crippen molar-refractivity contribution < 1.29 is 36.7 Å². The molecule has 0 fully saturated rings. The third-order valence-electron chi connectivity index (χ3n) is 6.40. The number of aryl methyl sites for hydroxylation is 1. The molecular formula is C31H30F3NO5. The number of rotatable bonds is 11. The number of nitrogens with zero attached hydrogens (tertiary/aromatic N) is 1. The highest BCUT2D eigenvalue weighted by Gasteiger charge is 2.30. The molecule has 1 unspecified atom stereocenters. The number of hydrogen-bond acceptors (Lipinski definition) is 6. The standard InChI is InChI=1S/C31H30F3NO5/c1-4-39-28(36)17-21-8-10-23(11-9-21)24-12-14-25(15-13-24)30-29(20(2)35-40-30)27(37-3)19-38-18-22-6-5-7-26(16-22)31(32,33)34/h5-16,27H,4,17-19H2,1-3H3. The average Bonchev–Trinajstić information content (AvgIpc) is 3.32. The monoisotopic (exact) mass is 553 g/mol. The van der Waals surface area contributed by atoms with Crippen LogP contribution in [0.3, 0.4) is 0 Å². The lowest BCUT2D eigenvalue weighted by atomic mass is 9.98. The van der Waals surface area contributed by atoms with Crippen LogP contribution in [-0.2, 0) is 38.2 Å². The van der Waals surface area contributed by atoms with Crippen molar-refractivity contribution in [2.24, 2.45) is 0 Å². The lowest BCUT2D eigenvalue weighted by Crippen LogP contribution is -2.12.